The Labute approximate surface area is 150 Å². The normalized spacial score (nSPS) is 10.7. The third kappa shape index (κ3) is 3.34. The molecule has 0 saturated carbocycles. The van der Waals surface area contributed by atoms with Crippen LogP contribution >= 0.6 is 45.8 Å². The quantitative estimate of drug-likeness (QED) is 0.506. The smallest absolute Gasteiger partial charge is 0.339 e. The van der Waals surface area contributed by atoms with E-state index in [0.29, 0.717) is 21.3 Å². The molecule has 0 bridgehead atoms. The van der Waals surface area contributed by atoms with E-state index in [-0.39, 0.29) is 5.89 Å². The fourth-order valence-electron chi connectivity index (χ4n) is 1.97. The summed E-state index contributed by atoms with van der Waals surface area (Å²) in [7, 11) is 0. The molecule has 6 heteroatoms. The third-order valence-corrected chi connectivity index (χ3v) is 4.17. The predicted octanol–water partition coefficient (Wildman–Crippen LogP) is 5.28. The largest absolute Gasteiger partial charge is 0.403 e. The Kier molecular flexibility index (Phi) is 4.52. The van der Waals surface area contributed by atoms with E-state index in [2.05, 4.69) is 27.6 Å². The van der Waals surface area contributed by atoms with Crippen LogP contribution in [0.4, 0.5) is 0 Å². The van der Waals surface area contributed by atoms with Crippen LogP contribution in [0.25, 0.3) is 22.7 Å². The Morgan fingerprint density at radius 1 is 1.05 bits per heavy atom. The Hall–Kier alpha value is -1.37. The van der Waals surface area contributed by atoms with Crippen LogP contribution in [0.5, 0.6) is 0 Å². The van der Waals surface area contributed by atoms with Crippen LogP contribution in [-0.2, 0) is 0 Å². The van der Waals surface area contributed by atoms with Gasteiger partial charge in [0.05, 0.1) is 22.3 Å². The standard InChI is InChI=1S/C16H8Cl2INO2/c17-10-4-5-12(13(18)7-10)16-20-14(8-15(21)22-16)9-2-1-3-11(19)6-9/h1-8H. The molecular formula is C16H8Cl2INO2. The SMILES string of the molecule is O=c1cc(-c2cccc(I)c2)nc(-c2ccc(Cl)cc2Cl)o1. The van der Waals surface area contributed by atoms with Gasteiger partial charge in [0, 0.05) is 14.2 Å². The Morgan fingerprint density at radius 3 is 2.59 bits per heavy atom. The first-order valence-corrected chi connectivity index (χ1v) is 8.10. The number of benzene rings is 2. The first-order chi connectivity index (χ1) is 10.5. The predicted molar refractivity (Wildman–Crippen MR) is 96.4 cm³/mol. The van der Waals surface area contributed by atoms with Crippen molar-refractivity contribution in [3.8, 4) is 22.7 Å². The summed E-state index contributed by atoms with van der Waals surface area (Å²) in [6.45, 7) is 0. The molecule has 0 spiro atoms. The summed E-state index contributed by atoms with van der Waals surface area (Å²) in [6, 6.07) is 14.0. The molecule has 110 valence electrons. The summed E-state index contributed by atoms with van der Waals surface area (Å²) >= 11 is 14.2. The summed E-state index contributed by atoms with van der Waals surface area (Å²) in [5.41, 5.74) is 1.42. The van der Waals surface area contributed by atoms with Gasteiger partial charge in [-0.15, -0.1) is 0 Å². The van der Waals surface area contributed by atoms with Gasteiger partial charge in [-0.1, -0.05) is 35.3 Å². The van der Waals surface area contributed by atoms with Gasteiger partial charge in [-0.3, -0.25) is 0 Å². The zero-order chi connectivity index (χ0) is 15.7. The Bertz CT molecular complexity index is 909. The van der Waals surface area contributed by atoms with Crippen LogP contribution in [0.2, 0.25) is 10.0 Å². The van der Waals surface area contributed by atoms with Gasteiger partial charge in [0.25, 0.3) is 0 Å². The molecule has 0 saturated heterocycles. The monoisotopic (exact) mass is 443 g/mol. The molecular weight excluding hydrogens is 436 g/mol. The third-order valence-electron chi connectivity index (χ3n) is 2.96. The van der Waals surface area contributed by atoms with Crippen molar-refractivity contribution in [3.05, 3.63) is 72.6 Å². The van der Waals surface area contributed by atoms with Crippen molar-refractivity contribution >= 4 is 45.8 Å². The van der Waals surface area contributed by atoms with Gasteiger partial charge in [0.15, 0.2) is 0 Å². The topological polar surface area (TPSA) is 43.1 Å². The Balaban J connectivity index is 2.17. The minimum Gasteiger partial charge on any atom is -0.403 e. The summed E-state index contributed by atoms with van der Waals surface area (Å²) in [4.78, 5) is 16.3. The highest BCUT2D eigenvalue weighted by atomic mass is 127. The second-order valence-corrected chi connectivity index (χ2v) is 6.59. The van der Waals surface area contributed by atoms with Gasteiger partial charge in [-0.25, -0.2) is 9.78 Å². The van der Waals surface area contributed by atoms with Gasteiger partial charge in [-0.2, -0.15) is 0 Å². The van der Waals surface area contributed by atoms with Crippen LogP contribution in [0.3, 0.4) is 0 Å². The number of rotatable bonds is 2. The zero-order valence-electron chi connectivity index (χ0n) is 11.0. The molecule has 3 nitrogen and oxygen atoms in total. The maximum Gasteiger partial charge on any atom is 0.339 e. The van der Waals surface area contributed by atoms with Gasteiger partial charge < -0.3 is 4.42 Å². The average Bonchev–Trinajstić information content (AvgIpc) is 2.46. The lowest BCUT2D eigenvalue weighted by molar-refractivity contribution is 0.509. The molecule has 0 atom stereocenters. The van der Waals surface area contributed by atoms with E-state index in [9.17, 15) is 4.79 Å². The van der Waals surface area contributed by atoms with Gasteiger partial charge >= 0.3 is 5.63 Å². The molecule has 0 radical (unpaired) electrons. The molecule has 2 aromatic carbocycles. The van der Waals surface area contributed by atoms with Crippen molar-refractivity contribution in [2.45, 2.75) is 0 Å². The van der Waals surface area contributed by atoms with Crippen molar-refractivity contribution in [1.29, 1.82) is 0 Å². The van der Waals surface area contributed by atoms with Crippen LogP contribution in [-0.4, -0.2) is 4.98 Å². The molecule has 0 unspecified atom stereocenters. The van der Waals surface area contributed by atoms with Gasteiger partial charge in [0.2, 0.25) is 5.89 Å². The van der Waals surface area contributed by atoms with E-state index in [1.165, 1.54) is 6.07 Å². The van der Waals surface area contributed by atoms with Crippen molar-refractivity contribution in [2.75, 3.05) is 0 Å². The fourth-order valence-corrected chi connectivity index (χ4v) is 3.01. The van der Waals surface area contributed by atoms with Crippen molar-refractivity contribution in [1.82, 2.24) is 4.98 Å². The number of hydrogen-bond acceptors (Lipinski definition) is 3. The maximum absolute atomic E-state index is 11.8. The van der Waals surface area contributed by atoms with Crippen molar-refractivity contribution < 1.29 is 4.42 Å². The maximum atomic E-state index is 11.8. The molecule has 0 aliphatic carbocycles. The second-order valence-electron chi connectivity index (χ2n) is 4.50. The lowest BCUT2D eigenvalue weighted by Crippen LogP contribution is -2.02. The average molecular weight is 444 g/mol. The molecule has 0 N–H and O–H groups in total. The molecule has 0 aliphatic heterocycles. The van der Waals surface area contributed by atoms with E-state index in [4.69, 9.17) is 27.6 Å². The van der Waals surface area contributed by atoms with Crippen molar-refractivity contribution in [3.63, 3.8) is 0 Å². The summed E-state index contributed by atoms with van der Waals surface area (Å²) in [5.74, 6) is 0.169. The zero-order valence-corrected chi connectivity index (χ0v) is 14.7. The fraction of sp³-hybridized carbons (Fsp3) is 0. The lowest BCUT2D eigenvalue weighted by Gasteiger charge is -2.05. The van der Waals surface area contributed by atoms with Gasteiger partial charge in [0.1, 0.15) is 0 Å². The highest BCUT2D eigenvalue weighted by Gasteiger charge is 2.12. The van der Waals surface area contributed by atoms with Gasteiger partial charge in [-0.05, 0) is 52.9 Å². The Morgan fingerprint density at radius 2 is 1.86 bits per heavy atom. The van der Waals surface area contributed by atoms with E-state index in [1.54, 1.807) is 18.2 Å². The van der Waals surface area contributed by atoms with Crippen molar-refractivity contribution in [2.24, 2.45) is 0 Å². The van der Waals surface area contributed by atoms with Crippen LogP contribution in [0.15, 0.2) is 57.7 Å². The van der Waals surface area contributed by atoms with Crippen LogP contribution < -0.4 is 5.63 Å². The molecule has 0 amide bonds. The summed E-state index contributed by atoms with van der Waals surface area (Å²) < 4.78 is 6.23. The molecule has 0 aliphatic rings. The number of aromatic nitrogens is 1. The number of hydrogen-bond donors (Lipinski definition) is 0. The minimum absolute atomic E-state index is 0.169. The highest BCUT2D eigenvalue weighted by Crippen LogP contribution is 2.30. The molecule has 22 heavy (non-hydrogen) atoms. The molecule has 0 fully saturated rings. The van der Waals surface area contributed by atoms with Crippen LogP contribution in [0.1, 0.15) is 0 Å². The van der Waals surface area contributed by atoms with E-state index < -0.39 is 5.63 Å². The van der Waals surface area contributed by atoms with E-state index >= 15 is 0 Å². The number of halogens is 3. The van der Waals surface area contributed by atoms with E-state index in [1.807, 2.05) is 24.3 Å². The van der Waals surface area contributed by atoms with E-state index in [0.717, 1.165) is 9.13 Å². The summed E-state index contributed by atoms with van der Waals surface area (Å²) in [5, 5.41) is 0.882. The summed E-state index contributed by atoms with van der Waals surface area (Å²) in [6.07, 6.45) is 0. The lowest BCUT2D eigenvalue weighted by atomic mass is 10.1. The second kappa shape index (κ2) is 6.40. The minimum atomic E-state index is -0.482. The molecule has 3 aromatic rings. The number of nitrogens with zero attached hydrogens (tertiary/aromatic N) is 1. The first-order valence-electron chi connectivity index (χ1n) is 6.26. The first kappa shape index (κ1) is 15.5. The molecule has 1 heterocycles. The highest BCUT2D eigenvalue weighted by molar-refractivity contribution is 14.1. The molecule has 1 aromatic heterocycles. The molecule has 3 rings (SSSR count). The van der Waals surface area contributed by atoms with Crippen LogP contribution in [0, 0.1) is 3.57 Å².